The minimum absolute atomic E-state index is 0.0408. The minimum Gasteiger partial charge on any atom is -0.481 e. The molecule has 0 aromatic carbocycles. The molecular formula is C26H48N2O4. The maximum Gasteiger partial charge on any atom is 0.410 e. The molecule has 6 heteroatoms. The first-order chi connectivity index (χ1) is 15.1. The van der Waals surface area contributed by atoms with Crippen LogP contribution in [0.1, 0.15) is 112 Å². The number of amides is 1. The van der Waals surface area contributed by atoms with Gasteiger partial charge in [0.15, 0.2) is 0 Å². The van der Waals surface area contributed by atoms with E-state index in [2.05, 4.69) is 5.32 Å². The van der Waals surface area contributed by atoms with Crippen molar-refractivity contribution >= 4 is 12.1 Å². The van der Waals surface area contributed by atoms with E-state index >= 15 is 0 Å². The van der Waals surface area contributed by atoms with Crippen LogP contribution < -0.4 is 5.32 Å². The zero-order valence-electron chi connectivity index (χ0n) is 21.2. The Balaban J connectivity index is 0.000000242. The van der Waals surface area contributed by atoms with Crippen molar-refractivity contribution in [3.8, 4) is 0 Å². The van der Waals surface area contributed by atoms with Crippen LogP contribution in [0.3, 0.4) is 0 Å². The van der Waals surface area contributed by atoms with Crippen LogP contribution in [0.5, 0.6) is 0 Å². The predicted molar refractivity (Wildman–Crippen MR) is 129 cm³/mol. The van der Waals surface area contributed by atoms with E-state index in [0.717, 1.165) is 24.9 Å². The lowest BCUT2D eigenvalue weighted by Crippen LogP contribution is -2.44. The lowest BCUT2D eigenvalue weighted by atomic mass is 9.87. The van der Waals surface area contributed by atoms with E-state index in [1.807, 2.05) is 27.7 Å². The molecule has 0 aromatic rings. The van der Waals surface area contributed by atoms with Crippen LogP contribution in [0.2, 0.25) is 0 Å². The fourth-order valence-electron chi connectivity index (χ4n) is 5.32. The summed E-state index contributed by atoms with van der Waals surface area (Å²) in [5.41, 5.74) is -0.522. The summed E-state index contributed by atoms with van der Waals surface area (Å²) in [7, 11) is 0. The van der Waals surface area contributed by atoms with Gasteiger partial charge in [-0.15, -0.1) is 0 Å². The quantitative estimate of drug-likeness (QED) is 0.536. The summed E-state index contributed by atoms with van der Waals surface area (Å²) in [5.74, 6) is -1.36. The van der Waals surface area contributed by atoms with E-state index < -0.39 is 17.5 Å². The summed E-state index contributed by atoms with van der Waals surface area (Å²) in [5, 5.41) is 12.9. The highest BCUT2D eigenvalue weighted by molar-refractivity contribution is 5.71. The van der Waals surface area contributed by atoms with Gasteiger partial charge in [-0.25, -0.2) is 4.79 Å². The van der Waals surface area contributed by atoms with Crippen molar-refractivity contribution in [1.29, 1.82) is 0 Å². The first-order valence-corrected chi connectivity index (χ1v) is 13.1. The Labute approximate surface area is 195 Å². The van der Waals surface area contributed by atoms with Crippen molar-refractivity contribution in [3.63, 3.8) is 0 Å². The van der Waals surface area contributed by atoms with E-state index in [0.29, 0.717) is 6.54 Å². The van der Waals surface area contributed by atoms with Gasteiger partial charge in [-0.1, -0.05) is 52.4 Å². The summed E-state index contributed by atoms with van der Waals surface area (Å²) in [6, 6.07) is 1.70. The van der Waals surface area contributed by atoms with E-state index in [4.69, 9.17) is 9.84 Å². The Kier molecular flexibility index (Phi) is 10.8. The van der Waals surface area contributed by atoms with Crippen molar-refractivity contribution in [2.75, 3.05) is 6.54 Å². The van der Waals surface area contributed by atoms with Crippen molar-refractivity contribution in [3.05, 3.63) is 0 Å². The molecular weight excluding hydrogens is 404 g/mol. The minimum atomic E-state index is -0.816. The third kappa shape index (κ3) is 8.92. The number of carbonyl (C=O) groups is 2. The second-order valence-corrected chi connectivity index (χ2v) is 11.2. The maximum atomic E-state index is 12.1. The second-order valence-electron chi connectivity index (χ2n) is 11.2. The van der Waals surface area contributed by atoms with Crippen LogP contribution >= 0.6 is 0 Å². The van der Waals surface area contributed by atoms with Gasteiger partial charge in [0.1, 0.15) is 5.60 Å². The van der Waals surface area contributed by atoms with Crippen molar-refractivity contribution < 1.29 is 19.4 Å². The predicted octanol–water partition coefficient (Wildman–Crippen LogP) is 5.98. The number of carbonyl (C=O) groups excluding carboxylic acids is 1. The SMILES string of the molecule is C1CCC(NC2CCCCC2)CC1.C[C@H]([C@@H](C)C(=O)O)[C@@H]1CCCN1C(=O)OC(C)(C)C. The van der Waals surface area contributed by atoms with Gasteiger partial charge < -0.3 is 20.1 Å². The van der Waals surface area contributed by atoms with E-state index in [1.54, 1.807) is 11.8 Å². The van der Waals surface area contributed by atoms with Gasteiger partial charge in [0.05, 0.1) is 5.92 Å². The number of aliphatic carboxylic acids is 1. The molecule has 3 atom stereocenters. The zero-order valence-corrected chi connectivity index (χ0v) is 21.2. The van der Waals surface area contributed by atoms with Crippen LogP contribution in [0.25, 0.3) is 0 Å². The lowest BCUT2D eigenvalue weighted by molar-refractivity contribution is -0.143. The number of likely N-dealkylation sites (tertiary alicyclic amines) is 1. The van der Waals surface area contributed by atoms with Crippen LogP contribution in [0.4, 0.5) is 4.79 Å². The van der Waals surface area contributed by atoms with Gasteiger partial charge in [0.2, 0.25) is 0 Å². The Morgan fingerprint density at radius 3 is 1.81 bits per heavy atom. The van der Waals surface area contributed by atoms with Gasteiger partial charge in [-0.2, -0.15) is 0 Å². The van der Waals surface area contributed by atoms with Gasteiger partial charge in [0, 0.05) is 24.7 Å². The molecule has 32 heavy (non-hydrogen) atoms. The average molecular weight is 453 g/mol. The summed E-state index contributed by atoms with van der Waals surface area (Å²) in [6.07, 6.45) is 16.0. The molecule has 186 valence electrons. The molecule has 1 saturated heterocycles. The molecule has 0 spiro atoms. The normalized spacial score (nSPS) is 24.9. The smallest absolute Gasteiger partial charge is 0.410 e. The highest BCUT2D eigenvalue weighted by Gasteiger charge is 2.38. The third-order valence-electron chi connectivity index (χ3n) is 7.39. The number of rotatable bonds is 5. The first-order valence-electron chi connectivity index (χ1n) is 13.1. The van der Waals surface area contributed by atoms with Crippen LogP contribution in [-0.4, -0.2) is 52.3 Å². The van der Waals surface area contributed by atoms with Gasteiger partial charge >= 0.3 is 12.1 Å². The number of hydrogen-bond acceptors (Lipinski definition) is 4. The van der Waals surface area contributed by atoms with E-state index in [1.165, 1.54) is 64.2 Å². The molecule has 2 aliphatic carbocycles. The molecule has 3 aliphatic rings. The average Bonchev–Trinajstić information content (AvgIpc) is 3.23. The molecule has 2 N–H and O–H groups in total. The highest BCUT2D eigenvalue weighted by atomic mass is 16.6. The molecule has 0 aromatic heterocycles. The molecule has 6 nitrogen and oxygen atoms in total. The number of nitrogens with zero attached hydrogens (tertiary/aromatic N) is 1. The van der Waals surface area contributed by atoms with Crippen molar-refractivity contribution in [2.24, 2.45) is 11.8 Å². The summed E-state index contributed by atoms with van der Waals surface area (Å²) < 4.78 is 5.38. The standard InChI is InChI=1S/C14H25NO4.C12H23N/c1-9(10(2)12(16)17)11-7-6-8-15(11)13(18)19-14(3,4)5;1-3-7-11(8-4-1)13-12-9-5-2-6-10-12/h9-11H,6-8H2,1-5H3,(H,16,17);11-13H,1-10H2/t9-,10-,11+;/m1./s1. The molecule has 1 amide bonds. The van der Waals surface area contributed by atoms with Gasteiger partial charge in [0.25, 0.3) is 0 Å². The van der Waals surface area contributed by atoms with E-state index in [9.17, 15) is 9.59 Å². The molecule has 0 radical (unpaired) electrons. The molecule has 1 heterocycles. The molecule has 0 unspecified atom stereocenters. The Hall–Kier alpha value is -1.30. The maximum absolute atomic E-state index is 12.1. The number of carboxylic acid groups (broad SMARTS) is 1. The van der Waals surface area contributed by atoms with Crippen LogP contribution in [-0.2, 0) is 9.53 Å². The molecule has 0 bridgehead atoms. The monoisotopic (exact) mass is 452 g/mol. The summed E-state index contributed by atoms with van der Waals surface area (Å²) >= 11 is 0. The molecule has 2 saturated carbocycles. The first kappa shape index (κ1) is 26.9. The highest BCUT2D eigenvalue weighted by Crippen LogP contribution is 2.30. The van der Waals surface area contributed by atoms with Crippen molar-refractivity contribution in [2.45, 2.75) is 135 Å². The van der Waals surface area contributed by atoms with Crippen LogP contribution in [0.15, 0.2) is 0 Å². The largest absolute Gasteiger partial charge is 0.481 e. The Bertz CT molecular complexity index is 561. The second kappa shape index (κ2) is 12.8. The summed E-state index contributed by atoms with van der Waals surface area (Å²) in [6.45, 7) is 9.73. The van der Waals surface area contributed by atoms with Gasteiger partial charge in [-0.3, -0.25) is 4.79 Å². The van der Waals surface area contributed by atoms with Crippen LogP contribution in [0, 0.1) is 11.8 Å². The number of nitrogens with one attached hydrogen (secondary N) is 1. The number of carboxylic acids is 1. The van der Waals surface area contributed by atoms with Gasteiger partial charge in [-0.05, 0) is 65.2 Å². The third-order valence-corrected chi connectivity index (χ3v) is 7.39. The molecule has 3 rings (SSSR count). The Morgan fingerprint density at radius 1 is 0.875 bits per heavy atom. The molecule has 1 aliphatic heterocycles. The molecule has 3 fully saturated rings. The van der Waals surface area contributed by atoms with Crippen molar-refractivity contribution in [1.82, 2.24) is 10.2 Å². The fraction of sp³-hybridized carbons (Fsp3) is 0.923. The number of ether oxygens (including phenoxy) is 1. The zero-order chi connectivity index (χ0) is 23.7. The summed E-state index contributed by atoms with van der Waals surface area (Å²) in [4.78, 5) is 24.9. The van der Waals surface area contributed by atoms with E-state index in [-0.39, 0.29) is 18.1 Å². The fourth-order valence-corrected chi connectivity index (χ4v) is 5.32. The number of hydrogen-bond donors (Lipinski definition) is 2. The Morgan fingerprint density at radius 2 is 1.38 bits per heavy atom. The lowest BCUT2D eigenvalue weighted by Gasteiger charge is -2.33. The topological polar surface area (TPSA) is 78.9 Å².